The summed E-state index contributed by atoms with van der Waals surface area (Å²) in [6.45, 7) is 9.49. The monoisotopic (exact) mass is 578 g/mol. The number of aromatic carboxylic acids is 1. The lowest BCUT2D eigenvalue weighted by molar-refractivity contribution is 0.0629. The largest absolute Gasteiger partial charge is 0.478 e. The van der Waals surface area contributed by atoms with E-state index in [1.807, 2.05) is 45.9 Å². The third-order valence-corrected chi connectivity index (χ3v) is 8.36. The van der Waals surface area contributed by atoms with E-state index in [1.54, 1.807) is 12.1 Å². The first kappa shape index (κ1) is 29.3. The number of nitrogens with zero attached hydrogens (tertiary/aromatic N) is 1. The molecular formula is C32H36F2N4O4. The number of halogens is 2. The molecule has 1 fully saturated rings. The van der Waals surface area contributed by atoms with Gasteiger partial charge in [0, 0.05) is 42.4 Å². The van der Waals surface area contributed by atoms with Gasteiger partial charge in [-0.05, 0) is 66.6 Å². The summed E-state index contributed by atoms with van der Waals surface area (Å²) in [4.78, 5) is 27.2. The fourth-order valence-corrected chi connectivity index (χ4v) is 6.07. The van der Waals surface area contributed by atoms with Crippen molar-refractivity contribution in [2.75, 3.05) is 40.5 Å². The third-order valence-electron chi connectivity index (χ3n) is 8.36. The Bertz CT molecular complexity index is 1540. The number of aliphatic hydroxyl groups is 1. The lowest BCUT2D eigenvalue weighted by Gasteiger charge is -2.41. The van der Waals surface area contributed by atoms with Crippen LogP contribution in [-0.2, 0) is 5.41 Å². The number of carboxylic acids is 1. The van der Waals surface area contributed by atoms with Crippen molar-refractivity contribution in [1.82, 2.24) is 0 Å². The van der Waals surface area contributed by atoms with E-state index < -0.39 is 40.6 Å². The minimum atomic E-state index is -0.998. The quantitative estimate of drug-likeness (QED) is 0.231. The van der Waals surface area contributed by atoms with Crippen LogP contribution in [0, 0.1) is 24.0 Å². The van der Waals surface area contributed by atoms with Gasteiger partial charge in [-0.2, -0.15) is 0 Å². The molecule has 0 aromatic heterocycles. The summed E-state index contributed by atoms with van der Waals surface area (Å²) in [6, 6.07) is 11.3. The van der Waals surface area contributed by atoms with Gasteiger partial charge < -0.3 is 31.1 Å². The van der Waals surface area contributed by atoms with Crippen LogP contribution in [0.5, 0.6) is 0 Å². The number of carboxylic acid groups (broad SMARTS) is 1. The minimum absolute atomic E-state index is 0.138. The van der Waals surface area contributed by atoms with Crippen molar-refractivity contribution in [3.8, 4) is 0 Å². The number of aryl methyl sites for hydroxylation is 1. The smallest absolute Gasteiger partial charge is 0.336 e. The van der Waals surface area contributed by atoms with E-state index in [0.717, 1.165) is 28.9 Å². The van der Waals surface area contributed by atoms with Crippen LogP contribution in [0.4, 0.5) is 36.3 Å². The van der Waals surface area contributed by atoms with Gasteiger partial charge in [-0.25, -0.2) is 18.4 Å². The first-order valence-electron chi connectivity index (χ1n) is 14.0. The summed E-state index contributed by atoms with van der Waals surface area (Å²) in [5.74, 6) is -2.61. The van der Waals surface area contributed by atoms with Crippen molar-refractivity contribution < 1.29 is 28.6 Å². The molecule has 3 aromatic carbocycles. The topological polar surface area (TPSA) is 114 Å². The number of urea groups is 1. The Morgan fingerprint density at radius 2 is 1.69 bits per heavy atom. The molecule has 2 amide bonds. The molecule has 2 aliphatic heterocycles. The molecule has 42 heavy (non-hydrogen) atoms. The number of aliphatic hydroxyl groups excluding tert-OH is 1. The van der Waals surface area contributed by atoms with Gasteiger partial charge in [0.1, 0.15) is 11.6 Å². The molecule has 0 saturated carbocycles. The molecule has 1 atom stereocenters. The molecule has 0 bridgehead atoms. The second kappa shape index (κ2) is 10.9. The predicted octanol–water partition coefficient (Wildman–Crippen LogP) is 6.66. The number of fused-ring (bicyclic) bond motifs is 2. The molecule has 8 nitrogen and oxygen atoms in total. The van der Waals surface area contributed by atoms with Crippen molar-refractivity contribution in [1.29, 1.82) is 0 Å². The molecule has 3 aromatic rings. The van der Waals surface area contributed by atoms with Crippen LogP contribution < -0.4 is 20.9 Å². The molecule has 10 heteroatoms. The van der Waals surface area contributed by atoms with E-state index in [0.29, 0.717) is 55.5 Å². The SMILES string of the molecule is Cc1ccc(N2CCC3(CC2)CNc2c(C(O)C(C)(C)C)ccc(C(=O)O)c23)c(NC(=O)Nc2ccc(F)cc2F)c1. The number of carbonyl (C=O) groups excluding carboxylic acids is 1. The average molecular weight is 579 g/mol. The van der Waals surface area contributed by atoms with E-state index in [-0.39, 0.29) is 11.3 Å². The lowest BCUT2D eigenvalue weighted by atomic mass is 9.71. The standard InChI is InChI=1S/C32H36F2N4O4/c1-18-5-10-25(24(15-18)37-30(42)36-23-9-6-19(33)16-22(23)34)38-13-11-32(12-14-38)17-35-27-21(28(39)31(2,3)4)8-7-20(26(27)32)29(40)41/h5-10,15-16,28,35,39H,11-14,17H2,1-4H3,(H,40,41)(H2,36,37,42). The van der Waals surface area contributed by atoms with Crippen LogP contribution >= 0.6 is 0 Å². The summed E-state index contributed by atoms with van der Waals surface area (Å²) in [5.41, 5.74) is 3.66. The van der Waals surface area contributed by atoms with Gasteiger partial charge in [0.15, 0.2) is 0 Å². The summed E-state index contributed by atoms with van der Waals surface area (Å²) in [7, 11) is 0. The maximum Gasteiger partial charge on any atom is 0.336 e. The minimum Gasteiger partial charge on any atom is -0.478 e. The number of hydrogen-bond donors (Lipinski definition) is 5. The van der Waals surface area contributed by atoms with Crippen LogP contribution in [0.3, 0.4) is 0 Å². The molecule has 1 spiro atoms. The van der Waals surface area contributed by atoms with Crippen LogP contribution in [0.25, 0.3) is 0 Å². The number of amides is 2. The Labute approximate surface area is 243 Å². The van der Waals surface area contributed by atoms with Crippen LogP contribution in [0.2, 0.25) is 0 Å². The zero-order valence-corrected chi connectivity index (χ0v) is 24.1. The van der Waals surface area contributed by atoms with E-state index in [4.69, 9.17) is 0 Å². The maximum atomic E-state index is 14.1. The molecule has 0 aliphatic carbocycles. The normalized spacial score (nSPS) is 16.5. The number of hydrogen-bond acceptors (Lipinski definition) is 5. The number of rotatable bonds is 5. The van der Waals surface area contributed by atoms with Gasteiger partial charge in [0.05, 0.1) is 28.7 Å². The Balaban J connectivity index is 1.39. The van der Waals surface area contributed by atoms with Crippen LogP contribution in [-0.4, -0.2) is 41.8 Å². The first-order chi connectivity index (χ1) is 19.8. The Kier molecular flexibility index (Phi) is 7.61. The second-order valence-corrected chi connectivity index (χ2v) is 12.4. The van der Waals surface area contributed by atoms with Crippen LogP contribution in [0.15, 0.2) is 48.5 Å². The van der Waals surface area contributed by atoms with Gasteiger partial charge in [0.25, 0.3) is 0 Å². The highest BCUT2D eigenvalue weighted by Crippen LogP contribution is 2.50. The number of anilines is 4. The van der Waals surface area contributed by atoms with E-state index in [1.165, 1.54) is 0 Å². The van der Waals surface area contributed by atoms with Crippen LogP contribution in [0.1, 0.15) is 66.8 Å². The van der Waals surface area contributed by atoms with Crippen molar-refractivity contribution in [3.63, 3.8) is 0 Å². The Hall–Kier alpha value is -4.18. The number of benzene rings is 3. The molecule has 1 unspecified atom stereocenters. The van der Waals surface area contributed by atoms with Gasteiger partial charge in [-0.1, -0.05) is 32.9 Å². The maximum absolute atomic E-state index is 14.1. The summed E-state index contributed by atoms with van der Waals surface area (Å²) < 4.78 is 27.4. The fourth-order valence-electron chi connectivity index (χ4n) is 6.07. The third kappa shape index (κ3) is 5.51. The average Bonchev–Trinajstić information content (AvgIpc) is 3.28. The second-order valence-electron chi connectivity index (χ2n) is 12.4. The van der Waals surface area contributed by atoms with Gasteiger partial charge in [0.2, 0.25) is 0 Å². The molecule has 2 heterocycles. The van der Waals surface area contributed by atoms with E-state index in [9.17, 15) is 28.6 Å². The fraction of sp³-hybridized carbons (Fsp3) is 0.375. The molecular weight excluding hydrogens is 542 g/mol. The molecule has 222 valence electrons. The molecule has 0 radical (unpaired) electrons. The molecule has 5 rings (SSSR count). The van der Waals surface area contributed by atoms with Crippen molar-refractivity contribution in [3.05, 3.63) is 82.4 Å². The molecule has 2 aliphatic rings. The zero-order chi connectivity index (χ0) is 30.4. The first-order valence-corrected chi connectivity index (χ1v) is 14.0. The van der Waals surface area contributed by atoms with E-state index >= 15 is 0 Å². The molecule has 1 saturated heterocycles. The van der Waals surface area contributed by atoms with Crippen molar-refractivity contribution in [2.24, 2.45) is 5.41 Å². The highest BCUT2D eigenvalue weighted by molar-refractivity contribution is 6.02. The lowest BCUT2D eigenvalue weighted by Crippen LogP contribution is -2.44. The highest BCUT2D eigenvalue weighted by Gasteiger charge is 2.46. The van der Waals surface area contributed by atoms with Gasteiger partial charge in [-0.3, -0.25) is 0 Å². The number of nitrogens with one attached hydrogen (secondary N) is 3. The van der Waals surface area contributed by atoms with Crippen molar-refractivity contribution in [2.45, 2.75) is 52.1 Å². The summed E-state index contributed by atoms with van der Waals surface area (Å²) in [6.07, 6.45) is 0.540. The molecule has 5 N–H and O–H groups in total. The number of carbonyl (C=O) groups is 2. The van der Waals surface area contributed by atoms with Crippen molar-refractivity contribution >= 4 is 34.7 Å². The Morgan fingerprint density at radius 1 is 1.00 bits per heavy atom. The summed E-state index contributed by atoms with van der Waals surface area (Å²) >= 11 is 0. The number of piperidine rings is 1. The highest BCUT2D eigenvalue weighted by atomic mass is 19.1. The van der Waals surface area contributed by atoms with E-state index in [2.05, 4.69) is 20.9 Å². The van der Waals surface area contributed by atoms with Gasteiger partial charge in [-0.15, -0.1) is 0 Å². The summed E-state index contributed by atoms with van der Waals surface area (Å²) in [5, 5.41) is 29.9. The van der Waals surface area contributed by atoms with Gasteiger partial charge >= 0.3 is 12.0 Å². The predicted molar refractivity (Wildman–Crippen MR) is 160 cm³/mol. The Morgan fingerprint density at radius 3 is 2.33 bits per heavy atom. The zero-order valence-electron chi connectivity index (χ0n) is 24.1.